The van der Waals surface area contributed by atoms with Crippen LogP contribution in [0.1, 0.15) is 20.7 Å². The molecule has 1 amide bonds. The van der Waals surface area contributed by atoms with Crippen LogP contribution in [0, 0.1) is 0 Å². The highest BCUT2D eigenvalue weighted by Crippen LogP contribution is 2.22. The van der Waals surface area contributed by atoms with Crippen molar-refractivity contribution in [2.24, 2.45) is 0 Å². The van der Waals surface area contributed by atoms with Crippen molar-refractivity contribution in [3.8, 4) is 0 Å². The summed E-state index contributed by atoms with van der Waals surface area (Å²) in [4.78, 5) is 26.6. The number of nitrogens with one attached hydrogen (secondary N) is 1. The molecule has 0 aliphatic heterocycles. The lowest BCUT2D eigenvalue weighted by Crippen LogP contribution is -2.13. The van der Waals surface area contributed by atoms with Crippen LogP contribution < -0.4 is 5.32 Å². The van der Waals surface area contributed by atoms with Gasteiger partial charge in [-0.25, -0.2) is 9.78 Å². The lowest BCUT2D eigenvalue weighted by molar-refractivity contribution is 0.0696. The van der Waals surface area contributed by atoms with Crippen molar-refractivity contribution in [1.29, 1.82) is 0 Å². The Hall–Kier alpha value is -1.92. The van der Waals surface area contributed by atoms with Gasteiger partial charge in [0.05, 0.1) is 11.1 Å². The molecule has 0 unspecified atom stereocenters. The summed E-state index contributed by atoms with van der Waals surface area (Å²) in [6.07, 6.45) is 1.18. The molecule has 0 radical (unpaired) electrons. The average molecular weight is 356 g/mol. The minimum Gasteiger partial charge on any atom is -0.478 e. The number of nitrogens with zero attached hydrogens (tertiary/aromatic N) is 1. The number of anilines is 1. The zero-order valence-corrected chi connectivity index (χ0v) is 12.3. The number of carbonyl (C=O) groups is 2. The SMILES string of the molecule is O=C(O)c1ccc(NC(=O)c2ccc(Cl)cc2Br)nc1. The van der Waals surface area contributed by atoms with Crippen LogP contribution in [0.2, 0.25) is 5.02 Å². The lowest BCUT2D eigenvalue weighted by atomic mass is 10.2. The summed E-state index contributed by atoms with van der Waals surface area (Å²) in [5.74, 6) is -1.18. The second-order valence-corrected chi connectivity index (χ2v) is 5.11. The summed E-state index contributed by atoms with van der Waals surface area (Å²) in [6.45, 7) is 0. The van der Waals surface area contributed by atoms with Gasteiger partial charge in [-0.15, -0.1) is 0 Å². The Bertz CT molecular complexity index is 674. The number of carbonyl (C=O) groups excluding carboxylic acids is 1. The number of aromatic carboxylic acids is 1. The van der Waals surface area contributed by atoms with E-state index in [4.69, 9.17) is 16.7 Å². The van der Waals surface area contributed by atoms with E-state index in [0.717, 1.165) is 0 Å². The summed E-state index contributed by atoms with van der Waals surface area (Å²) >= 11 is 9.05. The van der Waals surface area contributed by atoms with E-state index in [2.05, 4.69) is 26.2 Å². The number of amides is 1. The van der Waals surface area contributed by atoms with Crippen LogP contribution in [0.5, 0.6) is 0 Å². The molecule has 0 atom stereocenters. The number of aromatic nitrogens is 1. The van der Waals surface area contributed by atoms with E-state index in [0.29, 0.717) is 15.1 Å². The van der Waals surface area contributed by atoms with Gasteiger partial charge in [0, 0.05) is 15.7 Å². The van der Waals surface area contributed by atoms with E-state index in [1.165, 1.54) is 18.3 Å². The molecule has 0 fully saturated rings. The highest BCUT2D eigenvalue weighted by molar-refractivity contribution is 9.10. The Morgan fingerprint density at radius 2 is 2.00 bits per heavy atom. The third-order valence-electron chi connectivity index (χ3n) is 2.43. The highest BCUT2D eigenvalue weighted by Gasteiger charge is 2.11. The molecule has 2 aromatic rings. The van der Waals surface area contributed by atoms with Gasteiger partial charge < -0.3 is 10.4 Å². The van der Waals surface area contributed by atoms with Gasteiger partial charge >= 0.3 is 5.97 Å². The van der Waals surface area contributed by atoms with Crippen molar-refractivity contribution in [3.63, 3.8) is 0 Å². The third-order valence-corrected chi connectivity index (χ3v) is 3.32. The van der Waals surface area contributed by atoms with E-state index in [1.807, 2.05) is 0 Å². The first-order valence-corrected chi connectivity index (χ1v) is 6.60. The van der Waals surface area contributed by atoms with Crippen molar-refractivity contribution >= 4 is 45.2 Å². The molecule has 0 aliphatic rings. The van der Waals surface area contributed by atoms with Crippen LogP contribution in [0.25, 0.3) is 0 Å². The van der Waals surface area contributed by atoms with Crippen molar-refractivity contribution in [2.75, 3.05) is 5.32 Å². The monoisotopic (exact) mass is 354 g/mol. The molecule has 7 heteroatoms. The molecular formula is C13H8BrClN2O3. The third kappa shape index (κ3) is 3.34. The number of carboxylic acids is 1. The first-order chi connectivity index (χ1) is 9.47. The quantitative estimate of drug-likeness (QED) is 0.884. The first kappa shape index (κ1) is 14.5. The molecule has 1 aromatic carbocycles. The van der Waals surface area contributed by atoms with Crippen molar-refractivity contribution in [1.82, 2.24) is 4.98 Å². The van der Waals surface area contributed by atoms with Gasteiger partial charge in [-0.3, -0.25) is 4.79 Å². The molecule has 1 heterocycles. The highest BCUT2D eigenvalue weighted by atomic mass is 79.9. The molecule has 0 saturated heterocycles. The molecular weight excluding hydrogens is 348 g/mol. The maximum absolute atomic E-state index is 12.0. The fourth-order valence-electron chi connectivity index (χ4n) is 1.45. The fraction of sp³-hybridized carbons (Fsp3) is 0. The first-order valence-electron chi connectivity index (χ1n) is 5.43. The molecule has 1 aromatic heterocycles. The standard InChI is InChI=1S/C13H8BrClN2O3/c14-10-5-8(15)2-3-9(10)12(18)17-11-4-1-7(6-16-11)13(19)20/h1-6H,(H,19,20)(H,16,17,18). The molecule has 0 aliphatic carbocycles. The Morgan fingerprint density at radius 3 is 2.55 bits per heavy atom. The fourth-order valence-corrected chi connectivity index (χ4v) is 2.31. The predicted octanol–water partition coefficient (Wildman–Crippen LogP) is 3.45. The van der Waals surface area contributed by atoms with E-state index in [-0.39, 0.29) is 17.3 Å². The van der Waals surface area contributed by atoms with Gasteiger partial charge in [-0.05, 0) is 46.3 Å². The van der Waals surface area contributed by atoms with E-state index >= 15 is 0 Å². The number of rotatable bonds is 3. The number of hydrogen-bond donors (Lipinski definition) is 2. The van der Waals surface area contributed by atoms with E-state index < -0.39 is 5.97 Å². The minimum absolute atomic E-state index is 0.0515. The maximum Gasteiger partial charge on any atom is 0.337 e. The van der Waals surface area contributed by atoms with Gasteiger partial charge in [-0.2, -0.15) is 0 Å². The summed E-state index contributed by atoms with van der Waals surface area (Å²) in [5, 5.41) is 11.8. The zero-order chi connectivity index (χ0) is 14.7. The molecule has 0 spiro atoms. The largest absolute Gasteiger partial charge is 0.478 e. The number of benzene rings is 1. The topological polar surface area (TPSA) is 79.3 Å². The molecule has 0 bridgehead atoms. The summed E-state index contributed by atoms with van der Waals surface area (Å²) in [5.41, 5.74) is 0.453. The zero-order valence-electron chi connectivity index (χ0n) is 9.93. The van der Waals surface area contributed by atoms with Crippen LogP contribution in [0.3, 0.4) is 0 Å². The Morgan fingerprint density at radius 1 is 1.25 bits per heavy atom. The Kier molecular flexibility index (Phi) is 4.36. The van der Waals surface area contributed by atoms with Crippen LogP contribution in [-0.4, -0.2) is 22.0 Å². The molecule has 2 N–H and O–H groups in total. The molecule has 5 nitrogen and oxygen atoms in total. The number of hydrogen-bond acceptors (Lipinski definition) is 3. The minimum atomic E-state index is -1.07. The summed E-state index contributed by atoms with van der Waals surface area (Å²) in [6, 6.07) is 7.57. The molecule has 20 heavy (non-hydrogen) atoms. The second kappa shape index (κ2) is 6.02. The van der Waals surface area contributed by atoms with Crippen molar-refractivity contribution in [2.45, 2.75) is 0 Å². The lowest BCUT2D eigenvalue weighted by Gasteiger charge is -2.06. The number of pyridine rings is 1. The summed E-state index contributed by atoms with van der Waals surface area (Å²) in [7, 11) is 0. The van der Waals surface area contributed by atoms with E-state index in [1.54, 1.807) is 18.2 Å². The van der Waals surface area contributed by atoms with Crippen LogP contribution in [0.4, 0.5) is 5.82 Å². The summed E-state index contributed by atoms with van der Waals surface area (Å²) < 4.78 is 0.560. The van der Waals surface area contributed by atoms with Gasteiger partial charge in [0.25, 0.3) is 5.91 Å². The van der Waals surface area contributed by atoms with Gasteiger partial charge in [0.1, 0.15) is 5.82 Å². The van der Waals surface area contributed by atoms with Gasteiger partial charge in [-0.1, -0.05) is 11.6 Å². The Labute approximate surface area is 127 Å². The number of carboxylic acid groups (broad SMARTS) is 1. The van der Waals surface area contributed by atoms with Crippen LogP contribution in [0.15, 0.2) is 41.0 Å². The average Bonchev–Trinajstić information content (AvgIpc) is 2.39. The normalized spacial score (nSPS) is 10.1. The van der Waals surface area contributed by atoms with Crippen molar-refractivity contribution < 1.29 is 14.7 Å². The Balaban J connectivity index is 2.17. The van der Waals surface area contributed by atoms with Crippen molar-refractivity contribution in [3.05, 3.63) is 57.2 Å². The predicted molar refractivity (Wildman–Crippen MR) is 78.3 cm³/mol. The molecule has 2 rings (SSSR count). The van der Waals surface area contributed by atoms with Crippen LogP contribution in [-0.2, 0) is 0 Å². The smallest absolute Gasteiger partial charge is 0.337 e. The van der Waals surface area contributed by atoms with Gasteiger partial charge in [0.2, 0.25) is 0 Å². The molecule has 0 saturated carbocycles. The van der Waals surface area contributed by atoms with E-state index in [9.17, 15) is 9.59 Å². The van der Waals surface area contributed by atoms with Crippen LogP contribution >= 0.6 is 27.5 Å². The maximum atomic E-state index is 12.0. The molecule has 102 valence electrons. The number of halogens is 2. The van der Waals surface area contributed by atoms with Gasteiger partial charge in [0.15, 0.2) is 0 Å². The second-order valence-electron chi connectivity index (χ2n) is 3.82.